The van der Waals surface area contributed by atoms with Crippen molar-refractivity contribution in [1.29, 1.82) is 0 Å². The second-order valence-corrected chi connectivity index (χ2v) is 7.96. The minimum atomic E-state index is -0.208. The normalized spacial score (nSPS) is 12.1. The maximum atomic E-state index is 12.6. The molecule has 1 unspecified atom stereocenters. The molecule has 2 heterocycles. The molecule has 2 N–H and O–H groups in total. The number of methoxy groups -OCH3 is 2. The van der Waals surface area contributed by atoms with Crippen LogP contribution in [0.25, 0.3) is 10.9 Å². The van der Waals surface area contributed by atoms with Gasteiger partial charge in [0, 0.05) is 10.9 Å². The van der Waals surface area contributed by atoms with Gasteiger partial charge in [0.05, 0.1) is 37.7 Å². The van der Waals surface area contributed by atoms with Crippen molar-refractivity contribution in [3.05, 3.63) is 86.1 Å². The predicted molar refractivity (Wildman–Crippen MR) is 120 cm³/mol. The average Bonchev–Trinajstić information content (AvgIpc) is 3.29. The Kier molecular flexibility index (Phi) is 5.83. The number of ether oxygens (including phenoxy) is 2. The smallest absolute Gasteiger partial charge is 0.258 e. The summed E-state index contributed by atoms with van der Waals surface area (Å²) in [5.41, 5.74) is 2.74. The predicted octanol–water partition coefficient (Wildman–Crippen LogP) is 4.19. The summed E-state index contributed by atoms with van der Waals surface area (Å²) >= 11 is 1.69. The second-order valence-electron chi connectivity index (χ2n) is 6.98. The van der Waals surface area contributed by atoms with Crippen LogP contribution < -0.4 is 20.3 Å². The van der Waals surface area contributed by atoms with Crippen LogP contribution in [-0.2, 0) is 6.54 Å². The first-order valence-corrected chi connectivity index (χ1v) is 10.5. The SMILES string of the molecule is COc1cc2nc(CNC(c3ccc(C)cc3)c3cccs3)[nH]c(=O)c2cc1OC. The van der Waals surface area contributed by atoms with E-state index in [1.54, 1.807) is 37.7 Å². The van der Waals surface area contributed by atoms with E-state index < -0.39 is 0 Å². The summed E-state index contributed by atoms with van der Waals surface area (Å²) in [5, 5.41) is 6.07. The van der Waals surface area contributed by atoms with Gasteiger partial charge >= 0.3 is 0 Å². The Hall–Kier alpha value is -3.16. The highest BCUT2D eigenvalue weighted by Gasteiger charge is 2.16. The van der Waals surface area contributed by atoms with Gasteiger partial charge in [-0.1, -0.05) is 35.9 Å². The van der Waals surface area contributed by atoms with E-state index in [1.807, 2.05) is 6.07 Å². The van der Waals surface area contributed by atoms with Crippen LogP contribution in [0.3, 0.4) is 0 Å². The summed E-state index contributed by atoms with van der Waals surface area (Å²) in [6.07, 6.45) is 0. The van der Waals surface area contributed by atoms with Crippen LogP contribution in [0.1, 0.15) is 27.9 Å². The van der Waals surface area contributed by atoms with Crippen molar-refractivity contribution in [2.24, 2.45) is 0 Å². The Bertz CT molecular complexity index is 1200. The number of aromatic amines is 1. The standard InChI is InChI=1S/C23H23N3O3S/c1-14-6-8-15(9-7-14)22(20-5-4-10-30-20)24-13-21-25-17-12-19(29-3)18(28-2)11-16(17)23(27)26-21/h4-12,22,24H,13H2,1-3H3,(H,25,26,27). The minimum absolute atomic E-state index is 0.0111. The van der Waals surface area contributed by atoms with Gasteiger partial charge in [-0.2, -0.15) is 0 Å². The summed E-state index contributed by atoms with van der Waals surface area (Å²) in [7, 11) is 3.10. The fraction of sp³-hybridized carbons (Fsp3) is 0.217. The molecule has 0 aliphatic heterocycles. The molecule has 0 spiro atoms. The molecule has 0 amide bonds. The molecule has 0 bridgehead atoms. The number of nitrogens with zero attached hydrogens (tertiary/aromatic N) is 1. The molecular weight excluding hydrogens is 398 g/mol. The van der Waals surface area contributed by atoms with E-state index in [1.165, 1.54) is 10.4 Å². The lowest BCUT2D eigenvalue weighted by molar-refractivity contribution is 0.355. The second kappa shape index (κ2) is 8.69. The Balaban J connectivity index is 1.65. The number of fused-ring (bicyclic) bond motifs is 1. The van der Waals surface area contributed by atoms with E-state index in [9.17, 15) is 4.79 Å². The fourth-order valence-corrected chi connectivity index (χ4v) is 4.22. The third kappa shape index (κ3) is 4.08. The van der Waals surface area contributed by atoms with Gasteiger partial charge in [0.15, 0.2) is 11.5 Å². The summed E-state index contributed by atoms with van der Waals surface area (Å²) in [6.45, 7) is 2.49. The van der Waals surface area contributed by atoms with E-state index in [2.05, 4.69) is 57.9 Å². The van der Waals surface area contributed by atoms with Crippen molar-refractivity contribution < 1.29 is 9.47 Å². The highest BCUT2D eigenvalue weighted by molar-refractivity contribution is 7.10. The van der Waals surface area contributed by atoms with Gasteiger partial charge in [-0.05, 0) is 30.0 Å². The van der Waals surface area contributed by atoms with Gasteiger partial charge < -0.3 is 14.5 Å². The van der Waals surface area contributed by atoms with Crippen LogP contribution in [0.2, 0.25) is 0 Å². The zero-order valence-corrected chi connectivity index (χ0v) is 17.9. The molecular formula is C23H23N3O3S. The number of thiophene rings is 1. The molecule has 0 fully saturated rings. The molecule has 0 saturated heterocycles. The van der Waals surface area contributed by atoms with Crippen LogP contribution in [0.4, 0.5) is 0 Å². The number of hydrogen-bond donors (Lipinski definition) is 2. The van der Waals surface area contributed by atoms with Gasteiger partial charge in [0.1, 0.15) is 5.82 Å². The van der Waals surface area contributed by atoms with Gasteiger partial charge in [0.25, 0.3) is 5.56 Å². The summed E-state index contributed by atoms with van der Waals surface area (Å²) in [5.74, 6) is 1.60. The average molecular weight is 422 g/mol. The first-order valence-electron chi connectivity index (χ1n) is 9.57. The highest BCUT2D eigenvalue weighted by atomic mass is 32.1. The molecule has 30 heavy (non-hydrogen) atoms. The first kappa shape index (κ1) is 20.1. The third-order valence-corrected chi connectivity index (χ3v) is 5.91. The fourth-order valence-electron chi connectivity index (χ4n) is 3.39. The zero-order chi connectivity index (χ0) is 21.1. The summed E-state index contributed by atoms with van der Waals surface area (Å²) in [6, 6.07) is 16.0. The number of aromatic nitrogens is 2. The first-order chi connectivity index (χ1) is 14.6. The molecule has 0 saturated carbocycles. The van der Waals surface area contributed by atoms with E-state index in [4.69, 9.17) is 9.47 Å². The van der Waals surface area contributed by atoms with Crippen molar-refractivity contribution in [3.63, 3.8) is 0 Å². The molecule has 1 atom stereocenters. The maximum absolute atomic E-state index is 12.6. The molecule has 4 rings (SSSR count). The van der Waals surface area contributed by atoms with Crippen LogP contribution in [-0.4, -0.2) is 24.2 Å². The van der Waals surface area contributed by atoms with Crippen molar-refractivity contribution in [2.75, 3.05) is 14.2 Å². The van der Waals surface area contributed by atoms with Crippen LogP contribution >= 0.6 is 11.3 Å². The quantitative estimate of drug-likeness (QED) is 0.468. The lowest BCUT2D eigenvalue weighted by Crippen LogP contribution is -2.24. The van der Waals surface area contributed by atoms with E-state index >= 15 is 0 Å². The van der Waals surface area contributed by atoms with Gasteiger partial charge in [0.2, 0.25) is 0 Å². The molecule has 4 aromatic rings. The third-order valence-electron chi connectivity index (χ3n) is 4.97. The Labute approximate surface area is 178 Å². The van der Waals surface area contributed by atoms with Gasteiger partial charge in [-0.3, -0.25) is 10.1 Å². The van der Waals surface area contributed by atoms with Crippen LogP contribution in [0.15, 0.2) is 58.7 Å². The molecule has 0 aliphatic rings. The number of hydrogen-bond acceptors (Lipinski definition) is 6. The molecule has 0 radical (unpaired) electrons. The molecule has 6 nitrogen and oxygen atoms in total. The largest absolute Gasteiger partial charge is 0.493 e. The number of H-pyrrole nitrogens is 1. The number of aryl methyl sites for hydroxylation is 1. The zero-order valence-electron chi connectivity index (χ0n) is 17.1. The number of benzene rings is 2. The Morgan fingerprint density at radius 3 is 2.50 bits per heavy atom. The lowest BCUT2D eigenvalue weighted by Gasteiger charge is -2.18. The monoisotopic (exact) mass is 421 g/mol. The van der Waals surface area contributed by atoms with E-state index in [0.29, 0.717) is 34.8 Å². The minimum Gasteiger partial charge on any atom is -0.493 e. The number of rotatable bonds is 7. The van der Waals surface area contributed by atoms with Crippen molar-refractivity contribution in [3.8, 4) is 11.5 Å². The van der Waals surface area contributed by atoms with Crippen LogP contribution in [0.5, 0.6) is 11.5 Å². The molecule has 0 aliphatic carbocycles. The number of nitrogens with one attached hydrogen (secondary N) is 2. The van der Waals surface area contributed by atoms with Gasteiger partial charge in [-0.25, -0.2) is 4.98 Å². The summed E-state index contributed by atoms with van der Waals surface area (Å²) < 4.78 is 10.6. The van der Waals surface area contributed by atoms with Crippen molar-refractivity contribution >= 4 is 22.2 Å². The Morgan fingerprint density at radius 2 is 1.83 bits per heavy atom. The highest BCUT2D eigenvalue weighted by Crippen LogP contribution is 2.30. The van der Waals surface area contributed by atoms with E-state index in [0.717, 1.165) is 5.56 Å². The molecule has 7 heteroatoms. The topological polar surface area (TPSA) is 76.2 Å². The van der Waals surface area contributed by atoms with Gasteiger partial charge in [-0.15, -0.1) is 11.3 Å². The molecule has 2 aromatic heterocycles. The van der Waals surface area contributed by atoms with Crippen LogP contribution in [0, 0.1) is 6.92 Å². The molecule has 2 aromatic carbocycles. The van der Waals surface area contributed by atoms with E-state index in [-0.39, 0.29) is 11.6 Å². The van der Waals surface area contributed by atoms with Crippen molar-refractivity contribution in [2.45, 2.75) is 19.5 Å². The van der Waals surface area contributed by atoms with Crippen molar-refractivity contribution in [1.82, 2.24) is 15.3 Å². The lowest BCUT2D eigenvalue weighted by atomic mass is 10.0. The summed E-state index contributed by atoms with van der Waals surface area (Å²) in [4.78, 5) is 21.3. The Morgan fingerprint density at radius 1 is 1.10 bits per heavy atom. The molecule has 154 valence electrons. The maximum Gasteiger partial charge on any atom is 0.258 e.